The second kappa shape index (κ2) is 5.19. The summed E-state index contributed by atoms with van der Waals surface area (Å²) < 4.78 is 11.5. The molecule has 0 aromatic rings. The van der Waals surface area contributed by atoms with Gasteiger partial charge in [-0.15, -0.1) is 0 Å². The fraction of sp³-hybridized carbons (Fsp3) is 0.846. The standard InChI is InChI=1S/C13H23NO2/c1-13(7-3-4-9-16-13)12(14-2)11-6-5-8-15-10-11/h10,12,14H,3-9H2,1-2H3. The van der Waals surface area contributed by atoms with E-state index in [9.17, 15) is 0 Å². The van der Waals surface area contributed by atoms with Crippen molar-refractivity contribution in [2.45, 2.75) is 50.7 Å². The lowest BCUT2D eigenvalue weighted by Gasteiger charge is -2.42. The lowest BCUT2D eigenvalue weighted by atomic mass is 9.82. The van der Waals surface area contributed by atoms with Gasteiger partial charge in [0.2, 0.25) is 0 Å². The molecule has 2 unspecified atom stereocenters. The van der Waals surface area contributed by atoms with Crippen molar-refractivity contribution in [3.8, 4) is 0 Å². The highest BCUT2D eigenvalue weighted by Crippen LogP contribution is 2.33. The topological polar surface area (TPSA) is 30.5 Å². The largest absolute Gasteiger partial charge is 0.501 e. The molecule has 2 aliphatic heterocycles. The van der Waals surface area contributed by atoms with Gasteiger partial charge in [-0.1, -0.05) is 0 Å². The molecule has 0 aromatic carbocycles. The molecule has 1 N–H and O–H groups in total. The first-order chi connectivity index (χ1) is 7.76. The number of nitrogens with one attached hydrogen (secondary N) is 1. The number of ether oxygens (including phenoxy) is 2. The van der Waals surface area contributed by atoms with Crippen LogP contribution in [0.3, 0.4) is 0 Å². The Kier molecular flexibility index (Phi) is 3.87. The average Bonchev–Trinajstić information content (AvgIpc) is 2.32. The molecule has 0 bridgehead atoms. The van der Waals surface area contributed by atoms with E-state index in [1.165, 1.54) is 18.4 Å². The summed E-state index contributed by atoms with van der Waals surface area (Å²) in [7, 11) is 2.02. The minimum atomic E-state index is -0.0560. The summed E-state index contributed by atoms with van der Waals surface area (Å²) in [4.78, 5) is 0. The molecule has 1 fully saturated rings. The molecule has 2 rings (SSSR count). The van der Waals surface area contributed by atoms with Crippen molar-refractivity contribution >= 4 is 0 Å². The van der Waals surface area contributed by atoms with Crippen LogP contribution < -0.4 is 5.32 Å². The number of rotatable bonds is 3. The Balaban J connectivity index is 2.10. The van der Waals surface area contributed by atoms with Crippen molar-refractivity contribution in [1.82, 2.24) is 5.32 Å². The molecule has 0 saturated carbocycles. The summed E-state index contributed by atoms with van der Waals surface area (Å²) in [6.45, 7) is 3.98. The summed E-state index contributed by atoms with van der Waals surface area (Å²) in [5.41, 5.74) is 1.30. The van der Waals surface area contributed by atoms with Crippen molar-refractivity contribution in [1.29, 1.82) is 0 Å². The fourth-order valence-corrected chi connectivity index (χ4v) is 2.86. The molecule has 0 radical (unpaired) electrons. The quantitative estimate of drug-likeness (QED) is 0.799. The molecule has 0 aromatic heterocycles. The summed E-state index contributed by atoms with van der Waals surface area (Å²) in [5, 5.41) is 3.41. The van der Waals surface area contributed by atoms with E-state index in [0.717, 1.165) is 32.5 Å². The fourth-order valence-electron chi connectivity index (χ4n) is 2.86. The molecule has 0 spiro atoms. The third kappa shape index (κ3) is 2.41. The van der Waals surface area contributed by atoms with E-state index in [4.69, 9.17) is 9.47 Å². The highest BCUT2D eigenvalue weighted by atomic mass is 16.5. The van der Waals surface area contributed by atoms with E-state index >= 15 is 0 Å². The Morgan fingerprint density at radius 3 is 2.75 bits per heavy atom. The third-order valence-electron chi connectivity index (χ3n) is 3.73. The van der Waals surface area contributed by atoms with Gasteiger partial charge in [0.1, 0.15) is 0 Å². The maximum atomic E-state index is 6.01. The van der Waals surface area contributed by atoms with Gasteiger partial charge in [-0.2, -0.15) is 0 Å². The first kappa shape index (κ1) is 11.9. The van der Waals surface area contributed by atoms with Gasteiger partial charge in [0.15, 0.2) is 0 Å². The lowest BCUT2D eigenvalue weighted by molar-refractivity contribution is -0.0813. The van der Waals surface area contributed by atoms with Crippen LogP contribution >= 0.6 is 0 Å². The molecular weight excluding hydrogens is 202 g/mol. The predicted octanol–water partition coefficient (Wildman–Crippen LogP) is 2.23. The van der Waals surface area contributed by atoms with Crippen molar-refractivity contribution in [2.24, 2.45) is 0 Å². The van der Waals surface area contributed by atoms with Crippen LogP contribution in [0.15, 0.2) is 11.8 Å². The van der Waals surface area contributed by atoms with E-state index in [1.54, 1.807) is 0 Å². The summed E-state index contributed by atoms with van der Waals surface area (Å²) in [6.07, 6.45) is 7.79. The Morgan fingerprint density at radius 2 is 2.19 bits per heavy atom. The zero-order valence-corrected chi connectivity index (χ0v) is 10.4. The number of likely N-dealkylation sites (N-methyl/N-ethyl adjacent to an activating group) is 1. The third-order valence-corrected chi connectivity index (χ3v) is 3.73. The summed E-state index contributed by atoms with van der Waals surface area (Å²) in [6, 6.07) is 0.299. The molecule has 2 aliphatic rings. The normalized spacial score (nSPS) is 32.8. The SMILES string of the molecule is CNC(C1=COCCC1)C1(C)CCCCO1. The highest BCUT2D eigenvalue weighted by Gasteiger charge is 2.38. The zero-order valence-electron chi connectivity index (χ0n) is 10.4. The van der Waals surface area contributed by atoms with E-state index in [2.05, 4.69) is 12.2 Å². The molecule has 0 aliphatic carbocycles. The Bertz CT molecular complexity index is 257. The molecule has 16 heavy (non-hydrogen) atoms. The van der Waals surface area contributed by atoms with Crippen LogP contribution in [0.5, 0.6) is 0 Å². The molecule has 2 atom stereocenters. The van der Waals surface area contributed by atoms with Crippen LogP contribution in [0.25, 0.3) is 0 Å². The van der Waals surface area contributed by atoms with Crippen LogP contribution in [0.1, 0.15) is 39.0 Å². The Labute approximate surface area is 98.2 Å². The van der Waals surface area contributed by atoms with Crippen LogP contribution in [0, 0.1) is 0 Å². The van der Waals surface area contributed by atoms with Gasteiger partial charge >= 0.3 is 0 Å². The zero-order chi connectivity index (χ0) is 11.4. The summed E-state index contributed by atoms with van der Waals surface area (Å²) >= 11 is 0. The number of hydrogen-bond donors (Lipinski definition) is 1. The van der Waals surface area contributed by atoms with Gasteiger partial charge in [-0.25, -0.2) is 0 Å². The van der Waals surface area contributed by atoms with Crippen molar-refractivity contribution < 1.29 is 9.47 Å². The average molecular weight is 225 g/mol. The van der Waals surface area contributed by atoms with Crippen LogP contribution in [-0.4, -0.2) is 31.9 Å². The monoisotopic (exact) mass is 225 g/mol. The van der Waals surface area contributed by atoms with E-state index < -0.39 is 0 Å². The summed E-state index contributed by atoms with van der Waals surface area (Å²) in [5.74, 6) is 0. The Hall–Kier alpha value is -0.540. The molecule has 0 amide bonds. The van der Waals surface area contributed by atoms with Crippen molar-refractivity contribution in [3.05, 3.63) is 11.8 Å². The molecule has 92 valence electrons. The maximum Gasteiger partial charge on any atom is 0.0876 e. The van der Waals surface area contributed by atoms with Gasteiger partial charge in [-0.05, 0) is 51.6 Å². The van der Waals surface area contributed by atoms with Crippen LogP contribution in [-0.2, 0) is 9.47 Å². The van der Waals surface area contributed by atoms with E-state index in [0.29, 0.717) is 6.04 Å². The van der Waals surface area contributed by atoms with Crippen molar-refractivity contribution in [3.63, 3.8) is 0 Å². The second-order valence-electron chi connectivity index (χ2n) is 5.01. The van der Waals surface area contributed by atoms with E-state index in [1.807, 2.05) is 13.3 Å². The predicted molar refractivity (Wildman–Crippen MR) is 64.3 cm³/mol. The molecule has 3 heteroatoms. The van der Waals surface area contributed by atoms with Gasteiger partial charge in [0, 0.05) is 6.61 Å². The second-order valence-corrected chi connectivity index (χ2v) is 5.01. The maximum absolute atomic E-state index is 6.01. The highest BCUT2D eigenvalue weighted by molar-refractivity contribution is 5.16. The molecular formula is C13H23NO2. The molecule has 1 saturated heterocycles. The lowest BCUT2D eigenvalue weighted by Crippen LogP contribution is -2.52. The van der Waals surface area contributed by atoms with E-state index in [-0.39, 0.29) is 5.60 Å². The van der Waals surface area contributed by atoms with Gasteiger partial charge in [-0.3, -0.25) is 0 Å². The van der Waals surface area contributed by atoms with Crippen LogP contribution in [0.2, 0.25) is 0 Å². The first-order valence-electron chi connectivity index (χ1n) is 6.38. The van der Waals surface area contributed by atoms with Gasteiger partial charge in [0.25, 0.3) is 0 Å². The first-order valence-corrected chi connectivity index (χ1v) is 6.38. The minimum absolute atomic E-state index is 0.0560. The minimum Gasteiger partial charge on any atom is -0.501 e. The van der Waals surface area contributed by atoms with Gasteiger partial charge < -0.3 is 14.8 Å². The molecule has 2 heterocycles. The Morgan fingerprint density at radius 1 is 1.31 bits per heavy atom. The van der Waals surface area contributed by atoms with Crippen LogP contribution in [0.4, 0.5) is 0 Å². The van der Waals surface area contributed by atoms with Crippen molar-refractivity contribution in [2.75, 3.05) is 20.3 Å². The smallest absolute Gasteiger partial charge is 0.0876 e. The van der Waals surface area contributed by atoms with Gasteiger partial charge in [0.05, 0.1) is 24.5 Å². The molecule has 3 nitrogen and oxygen atoms in total. The number of hydrogen-bond acceptors (Lipinski definition) is 3.